The van der Waals surface area contributed by atoms with Crippen molar-refractivity contribution in [3.63, 3.8) is 0 Å². The fourth-order valence-corrected chi connectivity index (χ4v) is 2.09. The van der Waals surface area contributed by atoms with Crippen LogP contribution < -0.4 is 14.4 Å². The first kappa shape index (κ1) is 15.3. The molecule has 2 aromatic rings. The molecule has 0 aliphatic carbocycles. The fourth-order valence-electron chi connectivity index (χ4n) is 1.95. The van der Waals surface area contributed by atoms with Crippen molar-refractivity contribution in [3.8, 4) is 11.5 Å². The molecule has 0 N–H and O–H groups in total. The lowest BCUT2D eigenvalue weighted by Gasteiger charge is -2.23. The van der Waals surface area contributed by atoms with Crippen LogP contribution in [0.2, 0.25) is 0 Å². The van der Waals surface area contributed by atoms with E-state index in [9.17, 15) is 4.79 Å². The van der Waals surface area contributed by atoms with Gasteiger partial charge in [0, 0.05) is 6.07 Å². The van der Waals surface area contributed by atoms with Crippen molar-refractivity contribution in [2.75, 3.05) is 25.0 Å². The van der Waals surface area contributed by atoms with Crippen LogP contribution in [0.4, 0.5) is 5.69 Å². The smallest absolute Gasteiger partial charge is 0.242 e. The molecular formula is C15H16ClNO4. The Morgan fingerprint density at radius 1 is 1.29 bits per heavy atom. The monoisotopic (exact) mass is 309 g/mol. The van der Waals surface area contributed by atoms with E-state index < -0.39 is 0 Å². The van der Waals surface area contributed by atoms with Crippen LogP contribution in [0.3, 0.4) is 0 Å². The zero-order valence-electron chi connectivity index (χ0n) is 11.8. The molecule has 1 heterocycles. The summed E-state index contributed by atoms with van der Waals surface area (Å²) in [6.45, 7) is 0.279. The first-order chi connectivity index (χ1) is 10.2. The Bertz CT molecular complexity index is 598. The summed E-state index contributed by atoms with van der Waals surface area (Å²) in [5.74, 6) is 1.46. The van der Waals surface area contributed by atoms with Gasteiger partial charge in [-0.25, -0.2) is 0 Å². The van der Waals surface area contributed by atoms with Gasteiger partial charge in [0.25, 0.3) is 0 Å². The number of halogens is 1. The number of hydrogen-bond acceptors (Lipinski definition) is 4. The van der Waals surface area contributed by atoms with Crippen LogP contribution in [-0.2, 0) is 11.3 Å². The van der Waals surface area contributed by atoms with E-state index in [1.54, 1.807) is 43.7 Å². The highest BCUT2D eigenvalue weighted by Gasteiger charge is 2.20. The number of methoxy groups -OCH3 is 2. The molecule has 2 rings (SSSR count). The van der Waals surface area contributed by atoms with E-state index in [1.807, 2.05) is 0 Å². The SMILES string of the molecule is COc1ccc(N(Cc2ccco2)C(=O)CCl)c(OC)c1. The molecule has 0 spiro atoms. The molecule has 21 heavy (non-hydrogen) atoms. The quantitative estimate of drug-likeness (QED) is 0.770. The minimum atomic E-state index is -0.239. The maximum absolute atomic E-state index is 12.1. The maximum Gasteiger partial charge on any atom is 0.242 e. The van der Waals surface area contributed by atoms with E-state index in [4.69, 9.17) is 25.5 Å². The highest BCUT2D eigenvalue weighted by atomic mass is 35.5. The normalized spacial score (nSPS) is 10.2. The first-order valence-corrected chi connectivity index (χ1v) is 6.83. The molecule has 0 radical (unpaired) electrons. The molecule has 0 aliphatic rings. The highest BCUT2D eigenvalue weighted by molar-refractivity contribution is 6.29. The van der Waals surface area contributed by atoms with Gasteiger partial charge in [-0.1, -0.05) is 0 Å². The third-order valence-corrected chi connectivity index (χ3v) is 3.22. The van der Waals surface area contributed by atoms with Crippen LogP contribution >= 0.6 is 11.6 Å². The Hall–Kier alpha value is -2.14. The molecule has 0 aliphatic heterocycles. The Balaban J connectivity index is 2.38. The number of nitrogens with zero attached hydrogens (tertiary/aromatic N) is 1. The van der Waals surface area contributed by atoms with E-state index >= 15 is 0 Å². The third kappa shape index (κ3) is 3.49. The van der Waals surface area contributed by atoms with Crippen LogP contribution in [0.5, 0.6) is 11.5 Å². The van der Waals surface area contributed by atoms with Crippen molar-refractivity contribution in [2.24, 2.45) is 0 Å². The molecule has 5 nitrogen and oxygen atoms in total. The molecule has 6 heteroatoms. The van der Waals surface area contributed by atoms with Gasteiger partial charge >= 0.3 is 0 Å². The Kier molecular flexibility index (Phi) is 5.11. The summed E-state index contributed by atoms with van der Waals surface area (Å²) in [6.07, 6.45) is 1.56. The predicted octanol–water partition coefficient (Wildman–Crippen LogP) is 3.07. The van der Waals surface area contributed by atoms with Gasteiger partial charge in [0.05, 0.1) is 32.7 Å². The van der Waals surface area contributed by atoms with E-state index in [0.717, 1.165) is 0 Å². The summed E-state index contributed by atoms with van der Waals surface area (Å²) in [4.78, 5) is 13.6. The van der Waals surface area contributed by atoms with E-state index in [0.29, 0.717) is 22.9 Å². The van der Waals surface area contributed by atoms with Crippen molar-refractivity contribution in [3.05, 3.63) is 42.4 Å². The second-order valence-corrected chi connectivity index (χ2v) is 4.50. The average Bonchev–Trinajstić information content (AvgIpc) is 3.04. The lowest BCUT2D eigenvalue weighted by molar-refractivity contribution is -0.116. The molecule has 0 fully saturated rings. The third-order valence-electron chi connectivity index (χ3n) is 2.99. The lowest BCUT2D eigenvalue weighted by atomic mass is 10.2. The van der Waals surface area contributed by atoms with E-state index in [1.165, 1.54) is 12.0 Å². The fraction of sp³-hybridized carbons (Fsp3) is 0.267. The van der Waals surface area contributed by atoms with Crippen molar-refractivity contribution >= 4 is 23.2 Å². The van der Waals surface area contributed by atoms with E-state index in [-0.39, 0.29) is 18.3 Å². The molecule has 1 aromatic carbocycles. The van der Waals surface area contributed by atoms with Crippen molar-refractivity contribution in [2.45, 2.75) is 6.54 Å². The van der Waals surface area contributed by atoms with Gasteiger partial charge in [-0.05, 0) is 24.3 Å². The summed E-state index contributed by atoms with van der Waals surface area (Å²) < 4.78 is 15.8. The average molecular weight is 310 g/mol. The minimum absolute atomic E-state index is 0.129. The van der Waals surface area contributed by atoms with Crippen molar-refractivity contribution in [1.82, 2.24) is 0 Å². The lowest BCUT2D eigenvalue weighted by Crippen LogP contribution is -2.31. The van der Waals surface area contributed by atoms with Gasteiger partial charge < -0.3 is 18.8 Å². The van der Waals surface area contributed by atoms with Crippen LogP contribution in [-0.4, -0.2) is 26.0 Å². The van der Waals surface area contributed by atoms with Crippen LogP contribution in [0, 0.1) is 0 Å². The number of amides is 1. The van der Waals surface area contributed by atoms with Gasteiger partial charge in [0.1, 0.15) is 23.1 Å². The van der Waals surface area contributed by atoms with Crippen LogP contribution in [0.25, 0.3) is 0 Å². The number of benzene rings is 1. The zero-order chi connectivity index (χ0) is 15.2. The predicted molar refractivity (Wildman–Crippen MR) is 80.2 cm³/mol. The second-order valence-electron chi connectivity index (χ2n) is 4.23. The van der Waals surface area contributed by atoms with Crippen molar-refractivity contribution in [1.29, 1.82) is 0 Å². The minimum Gasteiger partial charge on any atom is -0.497 e. The molecule has 1 amide bonds. The molecule has 112 valence electrons. The molecule has 1 aromatic heterocycles. The van der Waals surface area contributed by atoms with Gasteiger partial charge in [-0.15, -0.1) is 11.6 Å². The van der Waals surface area contributed by atoms with Crippen molar-refractivity contribution < 1.29 is 18.7 Å². The first-order valence-electron chi connectivity index (χ1n) is 6.30. The number of hydrogen-bond donors (Lipinski definition) is 0. The number of ether oxygens (including phenoxy) is 2. The molecule has 0 bridgehead atoms. The summed E-state index contributed by atoms with van der Waals surface area (Å²) in [5.41, 5.74) is 0.611. The largest absolute Gasteiger partial charge is 0.497 e. The van der Waals surface area contributed by atoms with Crippen LogP contribution in [0.15, 0.2) is 41.0 Å². The zero-order valence-corrected chi connectivity index (χ0v) is 12.6. The Morgan fingerprint density at radius 2 is 2.10 bits per heavy atom. The van der Waals surface area contributed by atoms with Gasteiger partial charge in [-0.2, -0.15) is 0 Å². The van der Waals surface area contributed by atoms with Gasteiger partial charge in [0.15, 0.2) is 0 Å². The summed E-state index contributed by atoms with van der Waals surface area (Å²) in [6, 6.07) is 8.79. The number of furan rings is 1. The molecule has 0 saturated carbocycles. The molecular weight excluding hydrogens is 294 g/mol. The number of carbonyl (C=O) groups excluding carboxylic acids is 1. The Morgan fingerprint density at radius 3 is 2.67 bits per heavy atom. The molecule has 0 unspecified atom stereocenters. The maximum atomic E-state index is 12.1. The topological polar surface area (TPSA) is 51.9 Å². The standard InChI is InChI=1S/C15H16ClNO4/c1-19-11-5-6-13(14(8-11)20-2)17(15(18)9-16)10-12-4-3-7-21-12/h3-8H,9-10H2,1-2H3. The molecule has 0 atom stereocenters. The number of carbonyl (C=O) groups is 1. The number of alkyl halides is 1. The number of anilines is 1. The molecule has 0 saturated heterocycles. The number of rotatable bonds is 6. The van der Waals surface area contributed by atoms with Gasteiger partial charge in [0.2, 0.25) is 5.91 Å². The van der Waals surface area contributed by atoms with Gasteiger partial charge in [-0.3, -0.25) is 4.79 Å². The summed E-state index contributed by atoms with van der Waals surface area (Å²) >= 11 is 5.70. The second kappa shape index (κ2) is 7.04. The summed E-state index contributed by atoms with van der Waals surface area (Å²) in [5, 5.41) is 0. The summed E-state index contributed by atoms with van der Waals surface area (Å²) in [7, 11) is 3.10. The van der Waals surface area contributed by atoms with E-state index in [2.05, 4.69) is 0 Å². The van der Waals surface area contributed by atoms with Crippen LogP contribution in [0.1, 0.15) is 5.76 Å². The highest BCUT2D eigenvalue weighted by Crippen LogP contribution is 2.33. The Labute approximate surface area is 128 Å².